The Labute approximate surface area is 309 Å². The van der Waals surface area contributed by atoms with E-state index in [0.717, 1.165) is 64.2 Å². The Morgan fingerprint density at radius 3 is 0.660 bits per heavy atom. The third-order valence-electron chi connectivity index (χ3n) is 8.55. The minimum Gasteiger partial charge on any atom is -0.370 e. The van der Waals surface area contributed by atoms with Gasteiger partial charge in [-0.2, -0.15) is 0 Å². The van der Waals surface area contributed by atoms with E-state index in [1.165, 1.54) is 103 Å². The van der Waals surface area contributed by atoms with E-state index in [4.69, 9.17) is 11.5 Å². The summed E-state index contributed by atoms with van der Waals surface area (Å²) in [6, 6.07) is 0. The van der Waals surface area contributed by atoms with Crippen molar-refractivity contribution < 1.29 is 9.59 Å². The molecule has 0 aliphatic carbocycles. The van der Waals surface area contributed by atoms with Crippen LogP contribution in [0.3, 0.4) is 0 Å². The molecule has 4 N–H and O–H groups in total. The molecule has 0 radical (unpaired) electrons. The molecular weight excluding hydrogens is 613 g/mol. The Kier molecular flexibility index (Phi) is 39.4. The number of allylic oxidation sites excluding steroid dienone is 16. The Balaban J connectivity index is 3.32. The number of hydrogen-bond donors (Lipinski definition) is 2. The van der Waals surface area contributed by atoms with Crippen LogP contribution in [0, 0.1) is 0 Å². The fourth-order valence-electron chi connectivity index (χ4n) is 5.53. The van der Waals surface area contributed by atoms with Crippen molar-refractivity contribution in [2.75, 3.05) is 0 Å². The van der Waals surface area contributed by atoms with Gasteiger partial charge in [0.2, 0.25) is 11.8 Å². The van der Waals surface area contributed by atoms with Gasteiger partial charge in [-0.3, -0.25) is 9.59 Å². The quantitative estimate of drug-likeness (QED) is 0.0503. The van der Waals surface area contributed by atoms with Crippen molar-refractivity contribution in [3.63, 3.8) is 0 Å². The first kappa shape index (κ1) is 46.9. The van der Waals surface area contributed by atoms with Gasteiger partial charge in [0, 0.05) is 12.8 Å². The van der Waals surface area contributed by atoms with E-state index in [-0.39, 0.29) is 11.8 Å². The van der Waals surface area contributed by atoms with Crippen LogP contribution in [0.1, 0.15) is 180 Å². The van der Waals surface area contributed by atoms with E-state index in [0.29, 0.717) is 12.8 Å². The largest absolute Gasteiger partial charge is 0.370 e. The first-order chi connectivity index (χ1) is 24.6. The van der Waals surface area contributed by atoms with Crippen LogP contribution in [0.4, 0.5) is 0 Å². The second-order valence-electron chi connectivity index (χ2n) is 13.4. The maximum Gasteiger partial charge on any atom is 0.217 e. The summed E-state index contributed by atoms with van der Waals surface area (Å²) >= 11 is 0. The van der Waals surface area contributed by atoms with Crippen molar-refractivity contribution in [2.45, 2.75) is 180 Å². The molecule has 0 bridgehead atoms. The summed E-state index contributed by atoms with van der Waals surface area (Å²) in [5, 5.41) is 0. The summed E-state index contributed by atoms with van der Waals surface area (Å²) in [5.74, 6) is -0.426. The molecular formula is C46H76N2O2. The standard InChI is InChI=1S/C46H76N2O2/c47-45(49)43-41-39-37-35-33-31-29-27-25-23-21-19-17-15-13-11-9-7-5-3-1-2-4-6-8-10-12-14-16-18-20-22-24-26-28-30-32-34-36-38-40-42-44-46(48)50/h17-20,23-26,29-32,35-38H,1-16,21-22,27-28,33-34,39-44H2,(H2,47,49)(H2,48,50)/b19-17-,20-18-,25-23-,26-24-,31-29-,32-30-,37-35-,38-36-. The molecule has 50 heavy (non-hydrogen) atoms. The van der Waals surface area contributed by atoms with Crippen molar-refractivity contribution >= 4 is 11.8 Å². The molecule has 0 saturated heterocycles. The number of rotatable bonds is 37. The first-order valence-corrected chi connectivity index (χ1v) is 20.4. The van der Waals surface area contributed by atoms with Crippen molar-refractivity contribution in [3.05, 3.63) is 97.2 Å². The van der Waals surface area contributed by atoms with Crippen LogP contribution in [0.5, 0.6) is 0 Å². The molecule has 4 heteroatoms. The van der Waals surface area contributed by atoms with Gasteiger partial charge in [0.15, 0.2) is 0 Å². The Morgan fingerprint density at radius 2 is 0.440 bits per heavy atom. The highest BCUT2D eigenvalue weighted by Crippen LogP contribution is 2.14. The predicted molar refractivity (Wildman–Crippen MR) is 221 cm³/mol. The van der Waals surface area contributed by atoms with Gasteiger partial charge in [0.25, 0.3) is 0 Å². The van der Waals surface area contributed by atoms with E-state index in [1.807, 2.05) is 0 Å². The fourth-order valence-corrected chi connectivity index (χ4v) is 5.53. The highest BCUT2D eigenvalue weighted by Gasteiger charge is 1.95. The lowest BCUT2D eigenvalue weighted by atomic mass is 10.0. The molecule has 0 aromatic heterocycles. The van der Waals surface area contributed by atoms with Gasteiger partial charge in [-0.05, 0) is 89.9 Å². The minimum atomic E-state index is -0.213. The molecule has 0 aliphatic rings. The number of carbonyl (C=O) groups excluding carboxylic acids is 2. The molecule has 0 aromatic rings. The molecule has 0 fully saturated rings. The van der Waals surface area contributed by atoms with E-state index < -0.39 is 0 Å². The van der Waals surface area contributed by atoms with E-state index in [2.05, 4.69) is 97.2 Å². The third kappa shape index (κ3) is 44.9. The lowest BCUT2D eigenvalue weighted by molar-refractivity contribution is -0.118. The summed E-state index contributed by atoms with van der Waals surface area (Å²) in [4.78, 5) is 21.4. The average molecular weight is 689 g/mol. The predicted octanol–water partition coefficient (Wildman–Crippen LogP) is 13.3. The molecule has 4 nitrogen and oxygen atoms in total. The van der Waals surface area contributed by atoms with Gasteiger partial charge in [0.1, 0.15) is 0 Å². The number of unbranched alkanes of at least 4 members (excludes halogenated alkanes) is 17. The molecule has 0 aromatic carbocycles. The Bertz CT molecular complexity index is 916. The maximum atomic E-state index is 10.7. The van der Waals surface area contributed by atoms with E-state index >= 15 is 0 Å². The summed E-state index contributed by atoms with van der Waals surface area (Å²) < 4.78 is 0. The lowest BCUT2D eigenvalue weighted by Gasteiger charge is -2.03. The summed E-state index contributed by atoms with van der Waals surface area (Å²) in [6.45, 7) is 0. The van der Waals surface area contributed by atoms with Crippen LogP contribution < -0.4 is 11.5 Å². The first-order valence-electron chi connectivity index (χ1n) is 20.4. The van der Waals surface area contributed by atoms with Crippen LogP contribution in [0.25, 0.3) is 0 Å². The van der Waals surface area contributed by atoms with Gasteiger partial charge in [-0.1, -0.05) is 174 Å². The summed E-state index contributed by atoms with van der Waals surface area (Å²) in [6.07, 6.45) is 68.1. The van der Waals surface area contributed by atoms with Crippen LogP contribution in [0.2, 0.25) is 0 Å². The van der Waals surface area contributed by atoms with Crippen molar-refractivity contribution in [3.8, 4) is 0 Å². The molecule has 0 rings (SSSR count). The minimum absolute atomic E-state index is 0.213. The van der Waals surface area contributed by atoms with Gasteiger partial charge in [0.05, 0.1) is 0 Å². The zero-order valence-electron chi connectivity index (χ0n) is 32.0. The molecule has 0 heterocycles. The van der Waals surface area contributed by atoms with Crippen molar-refractivity contribution in [1.82, 2.24) is 0 Å². The molecule has 0 spiro atoms. The van der Waals surface area contributed by atoms with Gasteiger partial charge < -0.3 is 11.5 Å². The molecule has 0 unspecified atom stereocenters. The zero-order chi connectivity index (χ0) is 36.3. The third-order valence-corrected chi connectivity index (χ3v) is 8.55. The number of primary amides is 2. The van der Waals surface area contributed by atoms with E-state index in [9.17, 15) is 9.59 Å². The second kappa shape index (κ2) is 42.0. The van der Waals surface area contributed by atoms with Crippen LogP contribution >= 0.6 is 0 Å². The molecule has 0 atom stereocenters. The normalized spacial score (nSPS) is 12.7. The SMILES string of the molecule is NC(=O)CCC/C=C\C/C=C\C/C=C\C/C=C\CCCCCCCCCCCCCCCC/C=C\C/C=C\C/C=C\C/C=C\CCCC(N)=O. The van der Waals surface area contributed by atoms with Gasteiger partial charge >= 0.3 is 0 Å². The summed E-state index contributed by atoms with van der Waals surface area (Å²) in [7, 11) is 0. The fraction of sp³-hybridized carbons (Fsp3) is 0.609. The maximum absolute atomic E-state index is 10.7. The van der Waals surface area contributed by atoms with Crippen molar-refractivity contribution in [2.24, 2.45) is 11.5 Å². The average Bonchev–Trinajstić information content (AvgIpc) is 3.10. The van der Waals surface area contributed by atoms with E-state index in [1.54, 1.807) is 0 Å². The summed E-state index contributed by atoms with van der Waals surface area (Å²) in [5.41, 5.74) is 10.3. The molecule has 0 aliphatic heterocycles. The highest BCUT2D eigenvalue weighted by atomic mass is 16.1. The number of carbonyl (C=O) groups is 2. The van der Waals surface area contributed by atoms with Crippen LogP contribution in [-0.2, 0) is 9.59 Å². The lowest BCUT2D eigenvalue weighted by Crippen LogP contribution is -2.09. The Hall–Kier alpha value is -3.14. The monoisotopic (exact) mass is 689 g/mol. The molecule has 2 amide bonds. The highest BCUT2D eigenvalue weighted by molar-refractivity contribution is 5.73. The van der Waals surface area contributed by atoms with Crippen LogP contribution in [-0.4, -0.2) is 11.8 Å². The van der Waals surface area contributed by atoms with Gasteiger partial charge in [-0.15, -0.1) is 0 Å². The number of hydrogen-bond acceptors (Lipinski definition) is 2. The van der Waals surface area contributed by atoms with Crippen molar-refractivity contribution in [1.29, 1.82) is 0 Å². The van der Waals surface area contributed by atoms with Gasteiger partial charge in [-0.25, -0.2) is 0 Å². The van der Waals surface area contributed by atoms with Crippen LogP contribution in [0.15, 0.2) is 97.2 Å². The number of amides is 2. The zero-order valence-corrected chi connectivity index (χ0v) is 32.0. The molecule has 0 saturated carbocycles. The Morgan fingerprint density at radius 1 is 0.260 bits per heavy atom. The number of nitrogens with two attached hydrogens (primary N) is 2. The second-order valence-corrected chi connectivity index (χ2v) is 13.4. The smallest absolute Gasteiger partial charge is 0.217 e. The topological polar surface area (TPSA) is 86.2 Å². The molecule has 282 valence electrons.